The molecule has 24 heavy (non-hydrogen) atoms. The van der Waals surface area contributed by atoms with Crippen LogP contribution in [0.1, 0.15) is 24.1 Å². The van der Waals surface area contributed by atoms with Crippen LogP contribution in [0.3, 0.4) is 0 Å². The fourth-order valence-electron chi connectivity index (χ4n) is 3.47. The lowest BCUT2D eigenvalue weighted by molar-refractivity contribution is 0.154. The number of fused-ring (bicyclic) bond motifs is 1. The zero-order valence-corrected chi connectivity index (χ0v) is 13.5. The van der Waals surface area contributed by atoms with Crippen LogP contribution in [0.25, 0.3) is 0 Å². The molecule has 0 amide bonds. The van der Waals surface area contributed by atoms with Crippen molar-refractivity contribution in [3.05, 3.63) is 29.7 Å². The third-order valence-electron chi connectivity index (χ3n) is 4.68. The quantitative estimate of drug-likeness (QED) is 0.824. The van der Waals surface area contributed by atoms with Gasteiger partial charge in [0.1, 0.15) is 5.82 Å². The molecule has 2 aromatic rings. The second-order valence-electron chi connectivity index (χ2n) is 6.38. The van der Waals surface area contributed by atoms with Gasteiger partial charge in [0.05, 0.1) is 37.7 Å². The summed E-state index contributed by atoms with van der Waals surface area (Å²) < 4.78 is 1.85. The van der Waals surface area contributed by atoms with E-state index in [0.717, 1.165) is 43.0 Å². The van der Waals surface area contributed by atoms with Crippen molar-refractivity contribution in [1.82, 2.24) is 19.7 Å². The molecule has 0 radical (unpaired) electrons. The first-order chi connectivity index (χ1) is 11.7. The van der Waals surface area contributed by atoms with Gasteiger partial charge in [-0.3, -0.25) is 4.68 Å². The lowest BCUT2D eigenvalue weighted by Gasteiger charge is -2.31. The van der Waals surface area contributed by atoms with E-state index in [0.29, 0.717) is 25.6 Å². The minimum Gasteiger partial charge on any atom is -0.394 e. The first-order valence-corrected chi connectivity index (χ1v) is 8.40. The van der Waals surface area contributed by atoms with Gasteiger partial charge in [0.25, 0.3) is 0 Å². The molecule has 2 N–H and O–H groups in total. The molecule has 1 saturated heterocycles. The van der Waals surface area contributed by atoms with Gasteiger partial charge in [-0.1, -0.05) is 0 Å². The van der Waals surface area contributed by atoms with Crippen molar-refractivity contribution in [2.24, 2.45) is 0 Å². The topological polar surface area (TPSA) is 90.5 Å². The van der Waals surface area contributed by atoms with Crippen LogP contribution in [0.2, 0.25) is 0 Å². The highest BCUT2D eigenvalue weighted by Gasteiger charge is 2.26. The van der Waals surface area contributed by atoms with Crippen molar-refractivity contribution in [2.75, 3.05) is 29.5 Å². The Bertz CT molecular complexity index is 718. The Morgan fingerprint density at radius 1 is 1.25 bits per heavy atom. The Morgan fingerprint density at radius 3 is 3.00 bits per heavy atom. The van der Waals surface area contributed by atoms with E-state index in [4.69, 9.17) is 10.1 Å². The summed E-state index contributed by atoms with van der Waals surface area (Å²) in [5, 5.41) is 23.3. The number of nitrogens with zero attached hydrogens (tertiary/aromatic N) is 6. The number of aliphatic hydroxyl groups is 2. The van der Waals surface area contributed by atoms with Crippen molar-refractivity contribution >= 4 is 11.8 Å². The zero-order valence-electron chi connectivity index (χ0n) is 13.5. The molecule has 2 aliphatic heterocycles. The summed E-state index contributed by atoms with van der Waals surface area (Å²) in [5.41, 5.74) is 2.28. The van der Waals surface area contributed by atoms with Gasteiger partial charge in [-0.25, -0.2) is 4.98 Å². The Morgan fingerprint density at radius 2 is 2.17 bits per heavy atom. The summed E-state index contributed by atoms with van der Waals surface area (Å²) in [4.78, 5) is 13.4. The number of rotatable bonds is 4. The monoisotopic (exact) mass is 330 g/mol. The Labute approximate surface area is 140 Å². The van der Waals surface area contributed by atoms with Gasteiger partial charge >= 0.3 is 0 Å². The highest BCUT2D eigenvalue weighted by molar-refractivity contribution is 5.47. The number of anilines is 2. The van der Waals surface area contributed by atoms with Gasteiger partial charge in [-0.2, -0.15) is 10.1 Å². The van der Waals surface area contributed by atoms with E-state index in [-0.39, 0.29) is 12.7 Å². The number of piperidine rings is 1. The highest BCUT2D eigenvalue weighted by atomic mass is 16.3. The van der Waals surface area contributed by atoms with Crippen molar-refractivity contribution in [1.29, 1.82) is 0 Å². The average Bonchev–Trinajstić information content (AvgIpc) is 3.17. The fraction of sp³-hybridized carbons (Fsp3) is 0.562. The molecule has 4 rings (SSSR count). The van der Waals surface area contributed by atoms with E-state index in [2.05, 4.69) is 19.9 Å². The van der Waals surface area contributed by atoms with Crippen LogP contribution in [-0.2, 0) is 19.6 Å². The second-order valence-corrected chi connectivity index (χ2v) is 6.38. The van der Waals surface area contributed by atoms with Crippen LogP contribution < -0.4 is 9.80 Å². The third kappa shape index (κ3) is 2.83. The molecule has 8 nitrogen and oxygen atoms in total. The van der Waals surface area contributed by atoms with Gasteiger partial charge in [0, 0.05) is 31.4 Å². The standard InChI is InChI=1S/C16H22N6O2/c23-7-6-22-14-11-21(9-12(14)8-18-22)16-17-4-3-15(19-16)20-5-1-2-13(24)10-20/h3-4,8,13,23-24H,1-2,5-7,9-11H2/t13-/m0/s1. The summed E-state index contributed by atoms with van der Waals surface area (Å²) in [5.74, 6) is 1.56. The molecule has 0 aromatic carbocycles. The molecule has 1 fully saturated rings. The summed E-state index contributed by atoms with van der Waals surface area (Å²) in [6, 6.07) is 1.90. The molecule has 128 valence electrons. The summed E-state index contributed by atoms with van der Waals surface area (Å²) in [6.45, 7) is 3.56. The number of aromatic nitrogens is 4. The van der Waals surface area contributed by atoms with Gasteiger partial charge < -0.3 is 20.0 Å². The predicted octanol–water partition coefficient (Wildman–Crippen LogP) is 0.147. The Balaban J connectivity index is 1.52. The number of β-amino-alcohol motifs (C(OH)–C–C–N with tert-alkyl or cyclic N) is 1. The number of hydrogen-bond acceptors (Lipinski definition) is 7. The number of hydrogen-bond donors (Lipinski definition) is 2. The molecule has 4 heterocycles. The summed E-state index contributed by atoms with van der Waals surface area (Å²) in [7, 11) is 0. The molecule has 0 bridgehead atoms. The minimum absolute atomic E-state index is 0.0807. The molecule has 0 spiro atoms. The molecule has 1 atom stereocenters. The first-order valence-electron chi connectivity index (χ1n) is 8.40. The largest absolute Gasteiger partial charge is 0.394 e. The highest BCUT2D eigenvalue weighted by Crippen LogP contribution is 2.27. The maximum Gasteiger partial charge on any atom is 0.227 e. The van der Waals surface area contributed by atoms with Crippen molar-refractivity contribution < 1.29 is 10.2 Å². The molecule has 0 unspecified atom stereocenters. The Hall–Kier alpha value is -2.19. The second kappa shape index (κ2) is 6.37. The van der Waals surface area contributed by atoms with Gasteiger partial charge in [0.2, 0.25) is 5.95 Å². The zero-order chi connectivity index (χ0) is 16.5. The van der Waals surface area contributed by atoms with Crippen LogP contribution >= 0.6 is 0 Å². The van der Waals surface area contributed by atoms with Gasteiger partial charge in [0.15, 0.2) is 0 Å². The molecular formula is C16H22N6O2. The van der Waals surface area contributed by atoms with Crippen LogP contribution in [-0.4, -0.2) is 55.8 Å². The molecule has 2 aliphatic rings. The average molecular weight is 330 g/mol. The molecule has 0 saturated carbocycles. The number of aliphatic hydroxyl groups excluding tert-OH is 2. The smallest absolute Gasteiger partial charge is 0.227 e. The predicted molar refractivity (Wildman–Crippen MR) is 88.7 cm³/mol. The van der Waals surface area contributed by atoms with Crippen molar-refractivity contribution in [3.8, 4) is 0 Å². The maximum absolute atomic E-state index is 9.87. The van der Waals surface area contributed by atoms with Crippen LogP contribution in [0.5, 0.6) is 0 Å². The van der Waals surface area contributed by atoms with E-state index in [1.165, 1.54) is 0 Å². The van der Waals surface area contributed by atoms with Crippen molar-refractivity contribution in [2.45, 2.75) is 38.6 Å². The lowest BCUT2D eigenvalue weighted by Crippen LogP contribution is -2.38. The fourth-order valence-corrected chi connectivity index (χ4v) is 3.47. The van der Waals surface area contributed by atoms with Crippen LogP contribution in [0, 0.1) is 0 Å². The minimum atomic E-state index is -0.280. The molecule has 8 heteroatoms. The van der Waals surface area contributed by atoms with E-state index < -0.39 is 0 Å². The van der Waals surface area contributed by atoms with E-state index >= 15 is 0 Å². The van der Waals surface area contributed by atoms with E-state index in [1.807, 2.05) is 16.9 Å². The van der Waals surface area contributed by atoms with Crippen LogP contribution in [0.4, 0.5) is 11.8 Å². The summed E-state index contributed by atoms with van der Waals surface area (Å²) >= 11 is 0. The van der Waals surface area contributed by atoms with E-state index in [9.17, 15) is 5.11 Å². The van der Waals surface area contributed by atoms with Crippen molar-refractivity contribution in [3.63, 3.8) is 0 Å². The maximum atomic E-state index is 9.87. The molecule has 2 aromatic heterocycles. The normalized spacial score (nSPS) is 20.5. The van der Waals surface area contributed by atoms with Gasteiger partial charge in [-0.15, -0.1) is 0 Å². The van der Waals surface area contributed by atoms with Crippen LogP contribution in [0.15, 0.2) is 18.5 Å². The molecular weight excluding hydrogens is 308 g/mol. The molecule has 0 aliphatic carbocycles. The van der Waals surface area contributed by atoms with E-state index in [1.54, 1.807) is 6.20 Å². The Kier molecular flexibility index (Phi) is 4.07. The van der Waals surface area contributed by atoms with Gasteiger partial charge in [-0.05, 0) is 18.9 Å². The summed E-state index contributed by atoms with van der Waals surface area (Å²) in [6.07, 6.45) is 5.19. The first kappa shape index (κ1) is 15.3. The lowest BCUT2D eigenvalue weighted by atomic mass is 10.1. The SMILES string of the molecule is OCCn1ncc2c1CN(c1nccc(N3CCC[C@H](O)C3)n1)C2. The third-order valence-corrected chi connectivity index (χ3v) is 4.68.